The van der Waals surface area contributed by atoms with Crippen LogP contribution in [0.5, 0.6) is 0 Å². The molecule has 0 fully saturated rings. The van der Waals surface area contributed by atoms with Crippen LogP contribution in [-0.4, -0.2) is 24.1 Å². The van der Waals surface area contributed by atoms with Crippen LogP contribution in [0.15, 0.2) is 0 Å². The maximum absolute atomic E-state index is 12.7. The summed E-state index contributed by atoms with van der Waals surface area (Å²) in [6, 6.07) is 0. The molecule has 1 atom stereocenters. The van der Waals surface area contributed by atoms with E-state index < -0.39 is 11.6 Å². The zero-order valence-corrected chi connectivity index (χ0v) is 6.87. The van der Waals surface area contributed by atoms with Gasteiger partial charge in [-0.1, -0.05) is 15.9 Å². The van der Waals surface area contributed by atoms with Crippen LogP contribution >= 0.6 is 15.9 Å². The summed E-state index contributed by atoms with van der Waals surface area (Å²) < 4.78 is 16.9. The standard InChI is InChI=1S/C5H8BrFO2/c1-5(7,3-6)4(8)9-2/h3H2,1-2H3/t5-/m0/s1. The van der Waals surface area contributed by atoms with E-state index >= 15 is 0 Å². The smallest absolute Gasteiger partial charge is 0.344 e. The zero-order valence-electron chi connectivity index (χ0n) is 5.28. The Morgan fingerprint density at radius 3 is 2.44 bits per heavy atom. The fourth-order valence-corrected chi connectivity index (χ4v) is 0.496. The van der Waals surface area contributed by atoms with Crippen LogP contribution in [0, 0.1) is 0 Å². The molecule has 0 N–H and O–H groups in total. The third kappa shape index (κ3) is 2.30. The first-order valence-electron chi connectivity index (χ1n) is 2.38. The van der Waals surface area contributed by atoms with E-state index in [4.69, 9.17) is 0 Å². The number of hydrogen-bond acceptors (Lipinski definition) is 2. The number of carbonyl (C=O) groups is 1. The number of rotatable bonds is 2. The maximum atomic E-state index is 12.7. The Labute approximate surface area is 61.5 Å². The molecule has 54 valence electrons. The number of halogens is 2. The van der Waals surface area contributed by atoms with Crippen molar-refractivity contribution in [2.24, 2.45) is 0 Å². The molecule has 0 aromatic heterocycles. The van der Waals surface area contributed by atoms with Gasteiger partial charge in [-0.2, -0.15) is 0 Å². The minimum atomic E-state index is -1.89. The van der Waals surface area contributed by atoms with Gasteiger partial charge in [0.1, 0.15) is 0 Å². The molecule has 0 spiro atoms. The lowest BCUT2D eigenvalue weighted by Gasteiger charge is -2.12. The molecule has 2 nitrogen and oxygen atoms in total. The largest absolute Gasteiger partial charge is 0.467 e. The molecule has 0 aromatic rings. The molecule has 0 amide bonds. The second-order valence-electron chi connectivity index (χ2n) is 1.82. The van der Waals surface area contributed by atoms with E-state index in [-0.39, 0.29) is 5.33 Å². The summed E-state index contributed by atoms with van der Waals surface area (Å²) in [5.74, 6) is -0.848. The van der Waals surface area contributed by atoms with Crippen molar-refractivity contribution >= 4 is 21.9 Å². The number of methoxy groups -OCH3 is 1. The second-order valence-corrected chi connectivity index (χ2v) is 2.38. The summed E-state index contributed by atoms with van der Waals surface area (Å²) in [4.78, 5) is 10.4. The summed E-state index contributed by atoms with van der Waals surface area (Å²) in [7, 11) is 1.16. The first-order chi connectivity index (χ1) is 4.04. The predicted octanol–water partition coefficient (Wildman–Crippen LogP) is 1.28. The Kier molecular flexibility index (Phi) is 3.11. The van der Waals surface area contributed by atoms with Gasteiger partial charge in [0.25, 0.3) is 0 Å². The van der Waals surface area contributed by atoms with Gasteiger partial charge < -0.3 is 4.74 Å². The summed E-state index contributed by atoms with van der Waals surface area (Å²) in [6.07, 6.45) is 0. The molecule has 0 saturated carbocycles. The Bertz CT molecular complexity index is 114. The van der Waals surface area contributed by atoms with Crippen LogP contribution < -0.4 is 0 Å². The molecule has 0 saturated heterocycles. The highest BCUT2D eigenvalue weighted by Crippen LogP contribution is 2.14. The van der Waals surface area contributed by atoms with Crippen LogP contribution in [-0.2, 0) is 9.53 Å². The molecule has 0 aliphatic carbocycles. The minimum Gasteiger partial charge on any atom is -0.467 e. The average molecular weight is 199 g/mol. The van der Waals surface area contributed by atoms with E-state index in [2.05, 4.69) is 20.7 Å². The topological polar surface area (TPSA) is 26.3 Å². The highest BCUT2D eigenvalue weighted by Gasteiger charge is 2.32. The number of ether oxygens (including phenoxy) is 1. The van der Waals surface area contributed by atoms with Crippen LogP contribution in [0.1, 0.15) is 6.92 Å². The molecule has 0 aliphatic rings. The summed E-state index contributed by atoms with van der Waals surface area (Å²) in [5.41, 5.74) is -1.89. The van der Waals surface area contributed by atoms with Crippen molar-refractivity contribution in [1.82, 2.24) is 0 Å². The average Bonchev–Trinajstić information content (AvgIpc) is 1.86. The van der Waals surface area contributed by atoms with Gasteiger partial charge in [0.2, 0.25) is 5.67 Å². The van der Waals surface area contributed by atoms with Crippen LogP contribution in [0.3, 0.4) is 0 Å². The monoisotopic (exact) mass is 198 g/mol. The fourth-order valence-electron chi connectivity index (χ4n) is 0.267. The number of carbonyl (C=O) groups excluding carboxylic acids is 1. The molecule has 4 heteroatoms. The first kappa shape index (κ1) is 8.88. The van der Waals surface area contributed by atoms with Gasteiger partial charge in [-0.25, -0.2) is 9.18 Å². The third-order valence-corrected chi connectivity index (χ3v) is 1.92. The molecule has 0 heterocycles. The first-order valence-corrected chi connectivity index (χ1v) is 3.50. The molecule has 9 heavy (non-hydrogen) atoms. The van der Waals surface area contributed by atoms with Gasteiger partial charge in [0.05, 0.1) is 7.11 Å². The van der Waals surface area contributed by atoms with Crippen molar-refractivity contribution in [3.05, 3.63) is 0 Å². The Morgan fingerprint density at radius 2 is 2.33 bits per heavy atom. The third-order valence-electron chi connectivity index (χ3n) is 0.862. The van der Waals surface area contributed by atoms with E-state index in [1.807, 2.05) is 0 Å². The molecule has 0 aromatic carbocycles. The van der Waals surface area contributed by atoms with Crippen molar-refractivity contribution in [3.63, 3.8) is 0 Å². The van der Waals surface area contributed by atoms with Gasteiger partial charge in [0.15, 0.2) is 0 Å². The minimum absolute atomic E-state index is 0.0350. The van der Waals surface area contributed by atoms with Crippen LogP contribution in [0.2, 0.25) is 0 Å². The van der Waals surface area contributed by atoms with E-state index in [0.717, 1.165) is 14.0 Å². The lowest BCUT2D eigenvalue weighted by Crippen LogP contribution is -2.32. The van der Waals surface area contributed by atoms with Crippen LogP contribution in [0.4, 0.5) is 4.39 Å². The molecular formula is C5H8BrFO2. The van der Waals surface area contributed by atoms with Crippen LogP contribution in [0.25, 0.3) is 0 Å². The quantitative estimate of drug-likeness (QED) is 0.494. The van der Waals surface area contributed by atoms with E-state index in [1.165, 1.54) is 0 Å². The lowest BCUT2D eigenvalue weighted by atomic mass is 10.2. The molecule has 0 bridgehead atoms. The Morgan fingerprint density at radius 1 is 1.89 bits per heavy atom. The molecular weight excluding hydrogens is 191 g/mol. The van der Waals surface area contributed by atoms with Crippen molar-refractivity contribution in [3.8, 4) is 0 Å². The van der Waals surface area contributed by atoms with Crippen molar-refractivity contribution in [1.29, 1.82) is 0 Å². The maximum Gasteiger partial charge on any atom is 0.344 e. The normalized spacial score (nSPS) is 16.4. The van der Waals surface area contributed by atoms with Crippen molar-refractivity contribution in [2.45, 2.75) is 12.6 Å². The van der Waals surface area contributed by atoms with Gasteiger partial charge in [-0.05, 0) is 6.92 Å². The predicted molar refractivity (Wildman–Crippen MR) is 35.3 cm³/mol. The number of hydrogen-bond donors (Lipinski definition) is 0. The van der Waals surface area contributed by atoms with E-state index in [0.29, 0.717) is 0 Å². The molecule has 0 rings (SSSR count). The molecule has 0 radical (unpaired) electrons. The summed E-state index contributed by atoms with van der Waals surface area (Å²) in [6.45, 7) is 1.16. The molecule has 0 unspecified atom stereocenters. The number of esters is 1. The Hall–Kier alpha value is -0.120. The highest BCUT2D eigenvalue weighted by atomic mass is 79.9. The van der Waals surface area contributed by atoms with Gasteiger partial charge in [-0.15, -0.1) is 0 Å². The summed E-state index contributed by atoms with van der Waals surface area (Å²) >= 11 is 2.84. The molecule has 0 aliphatic heterocycles. The Balaban J connectivity index is 3.97. The number of alkyl halides is 2. The second kappa shape index (κ2) is 3.15. The van der Waals surface area contributed by atoms with Crippen molar-refractivity contribution < 1.29 is 13.9 Å². The highest BCUT2D eigenvalue weighted by molar-refractivity contribution is 9.09. The zero-order chi connectivity index (χ0) is 7.49. The van der Waals surface area contributed by atoms with Gasteiger partial charge in [-0.3, -0.25) is 0 Å². The van der Waals surface area contributed by atoms with Gasteiger partial charge in [0, 0.05) is 5.33 Å². The fraction of sp³-hybridized carbons (Fsp3) is 0.800. The van der Waals surface area contributed by atoms with Crippen molar-refractivity contribution in [2.75, 3.05) is 12.4 Å². The van der Waals surface area contributed by atoms with E-state index in [9.17, 15) is 9.18 Å². The SMILES string of the molecule is COC(=O)[C@@](C)(F)CBr. The summed E-state index contributed by atoms with van der Waals surface area (Å²) in [5, 5.41) is -0.0350. The van der Waals surface area contributed by atoms with Gasteiger partial charge >= 0.3 is 5.97 Å². The lowest BCUT2D eigenvalue weighted by molar-refractivity contribution is -0.151. The van der Waals surface area contributed by atoms with E-state index in [1.54, 1.807) is 0 Å².